The highest BCUT2D eigenvalue weighted by atomic mass is 16.1. The Morgan fingerprint density at radius 2 is 1.80 bits per heavy atom. The molecule has 3 N–H and O–H groups in total. The van der Waals surface area contributed by atoms with Crippen LogP contribution < -0.4 is 11.4 Å². The summed E-state index contributed by atoms with van der Waals surface area (Å²) in [6.07, 6.45) is 7.96. The summed E-state index contributed by atoms with van der Waals surface area (Å²) in [5.41, 5.74) is 8.22. The summed E-state index contributed by atoms with van der Waals surface area (Å²) in [5, 5.41) is 0. The molecule has 1 aromatic heterocycles. The molecule has 0 spiro atoms. The fraction of sp³-hybridized carbons (Fsp3) is 0.750. The Kier molecular flexibility index (Phi) is 2.62. The van der Waals surface area contributed by atoms with Crippen LogP contribution in [0.15, 0.2) is 10.9 Å². The molecule has 4 nitrogen and oxygen atoms in total. The second-order valence-corrected chi connectivity index (χ2v) is 7.55. The summed E-state index contributed by atoms with van der Waals surface area (Å²) < 4.78 is 0. The minimum absolute atomic E-state index is 0.0723. The lowest BCUT2D eigenvalue weighted by Gasteiger charge is -2.58. The first-order valence-electron chi connectivity index (χ1n) is 7.87. The van der Waals surface area contributed by atoms with Gasteiger partial charge in [0.1, 0.15) is 0 Å². The fourth-order valence-corrected chi connectivity index (χ4v) is 5.64. The Labute approximate surface area is 119 Å². The first-order valence-corrected chi connectivity index (χ1v) is 7.87. The van der Waals surface area contributed by atoms with Gasteiger partial charge in [0.05, 0.1) is 11.7 Å². The molecular formula is C16H23N3O. The number of aryl methyl sites for hydroxylation is 1. The maximum atomic E-state index is 11.6. The van der Waals surface area contributed by atoms with Crippen molar-refractivity contribution >= 4 is 0 Å². The quantitative estimate of drug-likeness (QED) is 0.868. The van der Waals surface area contributed by atoms with E-state index in [9.17, 15) is 4.79 Å². The molecule has 0 radical (unpaired) electrons. The molecule has 5 rings (SSSR count). The third-order valence-corrected chi connectivity index (χ3v) is 5.96. The summed E-state index contributed by atoms with van der Waals surface area (Å²) >= 11 is 0. The molecular weight excluding hydrogens is 250 g/mol. The number of rotatable bonds is 2. The minimum atomic E-state index is -0.264. The molecule has 4 heteroatoms. The summed E-state index contributed by atoms with van der Waals surface area (Å²) in [7, 11) is 0. The predicted molar refractivity (Wildman–Crippen MR) is 77.1 cm³/mol. The van der Waals surface area contributed by atoms with Crippen LogP contribution in [0.1, 0.15) is 56.0 Å². The van der Waals surface area contributed by atoms with Crippen LogP contribution >= 0.6 is 0 Å². The molecule has 0 saturated heterocycles. The van der Waals surface area contributed by atoms with Gasteiger partial charge in [0, 0.05) is 5.69 Å². The fourth-order valence-electron chi connectivity index (χ4n) is 5.64. The molecule has 0 amide bonds. The molecule has 0 aromatic carbocycles. The Balaban J connectivity index is 1.71. The van der Waals surface area contributed by atoms with Crippen LogP contribution in [-0.2, 0) is 0 Å². The van der Waals surface area contributed by atoms with Crippen molar-refractivity contribution in [3.8, 4) is 0 Å². The van der Waals surface area contributed by atoms with Crippen molar-refractivity contribution in [2.24, 2.45) is 28.9 Å². The van der Waals surface area contributed by atoms with Gasteiger partial charge in [-0.1, -0.05) is 0 Å². The van der Waals surface area contributed by atoms with Gasteiger partial charge in [-0.2, -0.15) is 4.98 Å². The Morgan fingerprint density at radius 3 is 2.30 bits per heavy atom. The maximum Gasteiger partial charge on any atom is 0.345 e. The second kappa shape index (κ2) is 4.17. The lowest BCUT2D eigenvalue weighted by Crippen LogP contribution is -2.51. The molecule has 1 atom stereocenters. The smallest absolute Gasteiger partial charge is 0.322 e. The number of H-pyrrole nitrogens is 1. The van der Waals surface area contributed by atoms with Crippen molar-refractivity contribution in [2.45, 2.75) is 51.5 Å². The molecule has 1 aromatic rings. The van der Waals surface area contributed by atoms with Crippen LogP contribution in [-0.4, -0.2) is 9.97 Å². The largest absolute Gasteiger partial charge is 0.345 e. The van der Waals surface area contributed by atoms with Crippen LogP contribution in [0.2, 0.25) is 0 Å². The lowest BCUT2D eigenvalue weighted by molar-refractivity contribution is -0.0685. The molecule has 4 aliphatic rings. The Bertz CT molecular complexity index is 556. The van der Waals surface area contributed by atoms with E-state index >= 15 is 0 Å². The van der Waals surface area contributed by atoms with Gasteiger partial charge in [0.2, 0.25) is 0 Å². The van der Waals surface area contributed by atoms with Crippen LogP contribution in [0.25, 0.3) is 0 Å². The average molecular weight is 273 g/mol. The van der Waals surface area contributed by atoms with E-state index < -0.39 is 0 Å². The van der Waals surface area contributed by atoms with Gasteiger partial charge >= 0.3 is 5.69 Å². The van der Waals surface area contributed by atoms with Crippen molar-refractivity contribution in [1.29, 1.82) is 0 Å². The molecule has 4 bridgehead atoms. The SMILES string of the molecule is Cc1cc(C(N)C23CC4CC(CC(C4)C2)C3)nc(=O)[nH]1. The van der Waals surface area contributed by atoms with Crippen LogP contribution in [0.5, 0.6) is 0 Å². The van der Waals surface area contributed by atoms with E-state index in [4.69, 9.17) is 5.73 Å². The number of aromatic amines is 1. The summed E-state index contributed by atoms with van der Waals surface area (Å²) in [6, 6.07) is 1.89. The van der Waals surface area contributed by atoms with E-state index in [1.54, 1.807) is 0 Å². The zero-order valence-electron chi connectivity index (χ0n) is 12.1. The first-order chi connectivity index (χ1) is 9.54. The van der Waals surface area contributed by atoms with E-state index in [0.717, 1.165) is 29.1 Å². The van der Waals surface area contributed by atoms with Crippen molar-refractivity contribution in [1.82, 2.24) is 9.97 Å². The predicted octanol–water partition coefficient (Wildman–Crippen LogP) is 2.29. The van der Waals surface area contributed by atoms with E-state index in [0.29, 0.717) is 0 Å². The van der Waals surface area contributed by atoms with Gasteiger partial charge in [0.15, 0.2) is 0 Å². The third kappa shape index (κ3) is 1.85. The van der Waals surface area contributed by atoms with Crippen molar-refractivity contribution < 1.29 is 0 Å². The van der Waals surface area contributed by atoms with Crippen molar-refractivity contribution in [2.75, 3.05) is 0 Å². The number of hydrogen-bond acceptors (Lipinski definition) is 3. The van der Waals surface area contributed by atoms with Crippen LogP contribution in [0, 0.1) is 30.1 Å². The zero-order valence-corrected chi connectivity index (χ0v) is 12.1. The van der Waals surface area contributed by atoms with E-state index in [2.05, 4.69) is 9.97 Å². The summed E-state index contributed by atoms with van der Waals surface area (Å²) in [4.78, 5) is 18.5. The van der Waals surface area contributed by atoms with E-state index in [-0.39, 0.29) is 17.1 Å². The summed E-state index contributed by atoms with van der Waals surface area (Å²) in [6.45, 7) is 1.90. The third-order valence-electron chi connectivity index (χ3n) is 5.96. The number of nitrogens with zero attached hydrogens (tertiary/aromatic N) is 1. The minimum Gasteiger partial charge on any atom is -0.322 e. The Hall–Kier alpha value is -1.16. The number of nitrogens with one attached hydrogen (secondary N) is 1. The van der Waals surface area contributed by atoms with Crippen molar-refractivity contribution in [3.05, 3.63) is 27.9 Å². The first kappa shape index (κ1) is 12.6. The highest BCUT2D eigenvalue weighted by molar-refractivity contribution is 5.17. The standard InChI is InChI=1S/C16H23N3O/c1-9-2-13(19-15(20)18-9)14(17)16-6-10-3-11(7-16)5-12(4-10)8-16/h2,10-12,14H,3-8,17H2,1H3,(H,18,19,20). The number of aromatic nitrogens is 2. The average Bonchev–Trinajstić information content (AvgIpc) is 2.35. The van der Waals surface area contributed by atoms with E-state index in [1.807, 2.05) is 13.0 Å². The van der Waals surface area contributed by atoms with Gasteiger partial charge in [-0.05, 0) is 74.7 Å². The summed E-state index contributed by atoms with van der Waals surface area (Å²) in [5.74, 6) is 2.61. The van der Waals surface area contributed by atoms with E-state index in [1.165, 1.54) is 38.5 Å². The van der Waals surface area contributed by atoms with Gasteiger partial charge < -0.3 is 10.7 Å². The highest BCUT2D eigenvalue weighted by Gasteiger charge is 2.53. The van der Waals surface area contributed by atoms with Crippen LogP contribution in [0.4, 0.5) is 0 Å². The van der Waals surface area contributed by atoms with Crippen molar-refractivity contribution in [3.63, 3.8) is 0 Å². The molecule has 4 aliphatic carbocycles. The molecule has 1 heterocycles. The van der Waals surface area contributed by atoms with Gasteiger partial charge in [-0.25, -0.2) is 4.79 Å². The van der Waals surface area contributed by atoms with Gasteiger partial charge in [-0.3, -0.25) is 0 Å². The molecule has 0 aliphatic heterocycles. The topological polar surface area (TPSA) is 71.8 Å². The lowest BCUT2D eigenvalue weighted by atomic mass is 9.47. The monoisotopic (exact) mass is 273 g/mol. The second-order valence-electron chi connectivity index (χ2n) is 7.55. The maximum absolute atomic E-state index is 11.6. The van der Waals surface area contributed by atoms with Crippen LogP contribution in [0.3, 0.4) is 0 Å². The molecule has 1 unspecified atom stereocenters. The highest BCUT2D eigenvalue weighted by Crippen LogP contribution is 2.63. The number of nitrogens with two attached hydrogens (primary N) is 1. The molecule has 20 heavy (non-hydrogen) atoms. The zero-order chi connectivity index (χ0) is 13.9. The molecule has 4 saturated carbocycles. The molecule has 108 valence electrons. The molecule has 4 fully saturated rings. The number of hydrogen-bond donors (Lipinski definition) is 2. The normalized spacial score (nSPS) is 40.0. The van der Waals surface area contributed by atoms with Gasteiger partial charge in [0.25, 0.3) is 0 Å². The Morgan fingerprint density at radius 1 is 1.25 bits per heavy atom. The van der Waals surface area contributed by atoms with Gasteiger partial charge in [-0.15, -0.1) is 0 Å².